The van der Waals surface area contributed by atoms with E-state index in [0.717, 1.165) is 5.39 Å². The molecule has 0 spiro atoms. The zero-order valence-electron chi connectivity index (χ0n) is 14.7. The van der Waals surface area contributed by atoms with Gasteiger partial charge in [-0.2, -0.15) is 18.2 Å². The minimum Gasteiger partial charge on any atom is -0.332 e. The number of carbonyl (C=O) groups excluding carboxylic acids is 1. The summed E-state index contributed by atoms with van der Waals surface area (Å²) in [5.74, 6) is -2.98. The van der Waals surface area contributed by atoms with Crippen molar-refractivity contribution in [3.05, 3.63) is 77.5 Å². The third-order valence-electron chi connectivity index (χ3n) is 4.31. The predicted octanol–water partition coefficient (Wildman–Crippen LogP) is 4.22. The van der Waals surface area contributed by atoms with Gasteiger partial charge in [0, 0.05) is 16.5 Å². The molecule has 2 heterocycles. The standard InChI is InChI=1S/C19H13F4N5O/c20-13-7-3-1-6-12(13)10-28-14-8-4-2-5-11(14)9-15(28)16(29)24-18-25-17(26-27-18)19(21,22)23/h1-9H,10H2,(H2,24,25,26,27,29). The van der Waals surface area contributed by atoms with Gasteiger partial charge in [0.15, 0.2) is 0 Å². The topological polar surface area (TPSA) is 75.6 Å². The van der Waals surface area contributed by atoms with Crippen LogP contribution in [0.4, 0.5) is 23.5 Å². The first kappa shape index (κ1) is 18.7. The number of aromatic nitrogens is 4. The number of rotatable bonds is 4. The molecule has 0 aliphatic heterocycles. The SMILES string of the molecule is O=C(Nc1n[nH]c(C(F)(F)F)n1)c1cc2ccccc2n1Cc1ccccc1F. The molecule has 148 valence electrons. The second kappa shape index (κ2) is 7.04. The van der Waals surface area contributed by atoms with Gasteiger partial charge >= 0.3 is 6.18 Å². The molecule has 6 nitrogen and oxygen atoms in total. The maximum absolute atomic E-state index is 14.1. The Balaban J connectivity index is 1.70. The number of hydrogen-bond donors (Lipinski definition) is 2. The van der Waals surface area contributed by atoms with Gasteiger partial charge in [-0.05, 0) is 18.2 Å². The van der Waals surface area contributed by atoms with Crippen molar-refractivity contribution in [2.45, 2.75) is 12.7 Å². The molecule has 29 heavy (non-hydrogen) atoms. The van der Waals surface area contributed by atoms with Crippen molar-refractivity contribution in [3.8, 4) is 0 Å². The number of halogens is 4. The Morgan fingerprint density at radius 3 is 2.55 bits per heavy atom. The molecule has 0 saturated heterocycles. The van der Waals surface area contributed by atoms with Crippen LogP contribution in [0.1, 0.15) is 21.9 Å². The van der Waals surface area contributed by atoms with E-state index in [1.165, 1.54) is 6.07 Å². The molecule has 10 heteroatoms. The fourth-order valence-corrected chi connectivity index (χ4v) is 2.98. The highest BCUT2D eigenvalue weighted by atomic mass is 19.4. The van der Waals surface area contributed by atoms with E-state index >= 15 is 0 Å². The summed E-state index contributed by atoms with van der Waals surface area (Å²) in [5, 5.41) is 8.07. The van der Waals surface area contributed by atoms with Crippen LogP contribution in [-0.4, -0.2) is 25.7 Å². The lowest BCUT2D eigenvalue weighted by atomic mass is 10.2. The van der Waals surface area contributed by atoms with Crippen molar-refractivity contribution >= 4 is 22.8 Å². The van der Waals surface area contributed by atoms with E-state index in [1.54, 1.807) is 58.2 Å². The van der Waals surface area contributed by atoms with Gasteiger partial charge < -0.3 is 4.57 Å². The molecule has 4 rings (SSSR count). The lowest BCUT2D eigenvalue weighted by Crippen LogP contribution is -2.18. The molecule has 2 aromatic carbocycles. The molecular weight excluding hydrogens is 390 g/mol. The molecule has 0 aliphatic rings. The van der Waals surface area contributed by atoms with Crippen LogP contribution in [-0.2, 0) is 12.7 Å². The summed E-state index contributed by atoms with van der Waals surface area (Å²) < 4.78 is 53.7. The first-order chi connectivity index (χ1) is 13.8. The molecule has 2 aromatic heterocycles. The lowest BCUT2D eigenvalue weighted by molar-refractivity contribution is -0.144. The molecule has 4 aromatic rings. The Morgan fingerprint density at radius 2 is 1.83 bits per heavy atom. The van der Waals surface area contributed by atoms with Crippen LogP contribution < -0.4 is 5.32 Å². The number of nitrogens with zero attached hydrogens (tertiary/aromatic N) is 3. The summed E-state index contributed by atoms with van der Waals surface area (Å²) >= 11 is 0. The minimum absolute atomic E-state index is 0.0603. The number of alkyl halides is 3. The summed E-state index contributed by atoms with van der Waals surface area (Å²) in [6.45, 7) is 0.0603. The van der Waals surface area contributed by atoms with Gasteiger partial charge in [-0.25, -0.2) is 4.39 Å². The fourth-order valence-electron chi connectivity index (χ4n) is 2.98. The van der Waals surface area contributed by atoms with Crippen LogP contribution >= 0.6 is 0 Å². The molecule has 0 radical (unpaired) electrons. The third kappa shape index (κ3) is 3.68. The average molecular weight is 403 g/mol. The monoisotopic (exact) mass is 403 g/mol. The number of amides is 1. The smallest absolute Gasteiger partial charge is 0.332 e. The first-order valence-corrected chi connectivity index (χ1v) is 8.45. The molecule has 0 bridgehead atoms. The number of fused-ring (bicyclic) bond motifs is 1. The van der Waals surface area contributed by atoms with Crippen molar-refractivity contribution < 1.29 is 22.4 Å². The number of nitrogens with one attached hydrogen (secondary N) is 2. The number of benzene rings is 2. The highest BCUT2D eigenvalue weighted by Crippen LogP contribution is 2.27. The Morgan fingerprint density at radius 1 is 1.10 bits per heavy atom. The van der Waals surface area contributed by atoms with Gasteiger partial charge in [0.2, 0.25) is 11.8 Å². The Labute approximate surface area is 161 Å². The van der Waals surface area contributed by atoms with Gasteiger partial charge in [0.25, 0.3) is 5.91 Å². The average Bonchev–Trinajstić information content (AvgIpc) is 3.29. The second-order valence-corrected chi connectivity index (χ2v) is 6.23. The number of hydrogen-bond acceptors (Lipinski definition) is 3. The van der Waals surface area contributed by atoms with Crippen LogP contribution in [0, 0.1) is 5.82 Å². The highest BCUT2D eigenvalue weighted by molar-refractivity contribution is 6.05. The lowest BCUT2D eigenvalue weighted by Gasteiger charge is -2.11. The quantitative estimate of drug-likeness (QED) is 0.501. The predicted molar refractivity (Wildman–Crippen MR) is 96.8 cm³/mol. The van der Waals surface area contributed by atoms with Gasteiger partial charge in [-0.15, -0.1) is 5.10 Å². The van der Waals surface area contributed by atoms with E-state index in [4.69, 9.17) is 0 Å². The summed E-state index contributed by atoms with van der Waals surface area (Å²) in [5.41, 5.74) is 1.17. The molecule has 0 atom stereocenters. The van der Waals surface area contributed by atoms with Crippen molar-refractivity contribution in [3.63, 3.8) is 0 Å². The third-order valence-corrected chi connectivity index (χ3v) is 4.31. The van der Waals surface area contributed by atoms with Crippen molar-refractivity contribution in [1.29, 1.82) is 0 Å². The van der Waals surface area contributed by atoms with E-state index in [9.17, 15) is 22.4 Å². The molecule has 0 saturated carbocycles. The fraction of sp³-hybridized carbons (Fsp3) is 0.105. The number of anilines is 1. The molecule has 0 aliphatic carbocycles. The number of H-pyrrole nitrogens is 1. The van der Waals surface area contributed by atoms with Crippen molar-refractivity contribution in [1.82, 2.24) is 19.7 Å². The second-order valence-electron chi connectivity index (χ2n) is 6.23. The van der Waals surface area contributed by atoms with Crippen LogP contribution in [0.15, 0.2) is 54.6 Å². The Kier molecular flexibility index (Phi) is 4.53. The normalized spacial score (nSPS) is 11.7. The molecule has 0 fully saturated rings. The van der Waals surface area contributed by atoms with Crippen LogP contribution in [0.3, 0.4) is 0 Å². The van der Waals surface area contributed by atoms with Crippen molar-refractivity contribution in [2.24, 2.45) is 0 Å². The van der Waals surface area contributed by atoms with Gasteiger partial charge in [0.1, 0.15) is 11.5 Å². The summed E-state index contributed by atoms with van der Waals surface area (Å²) in [7, 11) is 0. The zero-order chi connectivity index (χ0) is 20.6. The summed E-state index contributed by atoms with van der Waals surface area (Å²) in [4.78, 5) is 16.0. The van der Waals surface area contributed by atoms with Crippen LogP contribution in [0.5, 0.6) is 0 Å². The maximum atomic E-state index is 14.1. The molecular formula is C19H13F4N5O. The largest absolute Gasteiger partial charge is 0.451 e. The summed E-state index contributed by atoms with van der Waals surface area (Å²) in [6, 6.07) is 14.8. The van der Waals surface area contributed by atoms with Gasteiger partial charge in [0.05, 0.1) is 6.54 Å². The van der Waals surface area contributed by atoms with Crippen molar-refractivity contribution in [2.75, 3.05) is 5.32 Å². The number of carbonyl (C=O) groups is 1. The van der Waals surface area contributed by atoms with Gasteiger partial charge in [-0.3, -0.25) is 15.2 Å². The van der Waals surface area contributed by atoms with E-state index in [-0.39, 0.29) is 12.2 Å². The van der Waals surface area contributed by atoms with Gasteiger partial charge in [-0.1, -0.05) is 36.4 Å². The molecule has 2 N–H and O–H groups in total. The first-order valence-electron chi connectivity index (χ1n) is 8.45. The Bertz CT molecular complexity index is 1190. The summed E-state index contributed by atoms with van der Waals surface area (Å²) in [6.07, 6.45) is -4.71. The zero-order valence-corrected chi connectivity index (χ0v) is 14.7. The minimum atomic E-state index is -4.71. The van der Waals surface area contributed by atoms with Crippen LogP contribution in [0.25, 0.3) is 10.9 Å². The highest BCUT2D eigenvalue weighted by Gasteiger charge is 2.35. The van der Waals surface area contributed by atoms with E-state index in [2.05, 4.69) is 15.4 Å². The molecule has 0 unspecified atom stereocenters. The number of aromatic amines is 1. The van der Waals surface area contributed by atoms with Crippen LogP contribution in [0.2, 0.25) is 0 Å². The van der Waals surface area contributed by atoms with E-state index < -0.39 is 29.7 Å². The number of para-hydroxylation sites is 1. The maximum Gasteiger partial charge on any atom is 0.451 e. The Hall–Kier alpha value is -3.69. The van der Waals surface area contributed by atoms with E-state index in [0.29, 0.717) is 11.1 Å². The van der Waals surface area contributed by atoms with E-state index in [1.807, 2.05) is 0 Å². The molecule has 1 amide bonds.